The van der Waals surface area contributed by atoms with Crippen molar-refractivity contribution in [3.8, 4) is 0 Å². The highest BCUT2D eigenvalue weighted by Crippen LogP contribution is 2.59. The summed E-state index contributed by atoms with van der Waals surface area (Å²) in [7, 11) is 2.78. The van der Waals surface area contributed by atoms with Gasteiger partial charge in [0.1, 0.15) is 6.10 Å². The molecule has 2 aliphatic carbocycles. The zero-order valence-corrected chi connectivity index (χ0v) is 13.2. The van der Waals surface area contributed by atoms with E-state index in [2.05, 4.69) is 4.74 Å². The van der Waals surface area contributed by atoms with Crippen molar-refractivity contribution in [1.29, 1.82) is 0 Å². The number of rotatable bonds is 1. The van der Waals surface area contributed by atoms with Gasteiger partial charge in [-0.3, -0.25) is 9.69 Å². The van der Waals surface area contributed by atoms with Gasteiger partial charge < -0.3 is 9.64 Å². The summed E-state index contributed by atoms with van der Waals surface area (Å²) in [4.78, 5) is 38.3. The van der Waals surface area contributed by atoms with Crippen molar-refractivity contribution in [1.82, 2.24) is 9.80 Å². The molecule has 24 heavy (non-hydrogen) atoms. The molecule has 3 atom stereocenters. The molecule has 130 valence electrons. The van der Waals surface area contributed by atoms with Crippen molar-refractivity contribution in [2.45, 2.75) is 31.2 Å². The van der Waals surface area contributed by atoms with Crippen LogP contribution in [-0.4, -0.2) is 59.6 Å². The summed E-state index contributed by atoms with van der Waals surface area (Å²) in [5.74, 6) is -2.92. The molecule has 3 rings (SSSR count). The Morgan fingerprint density at radius 3 is 2.54 bits per heavy atom. The van der Waals surface area contributed by atoms with Gasteiger partial charge in [0, 0.05) is 19.7 Å². The van der Waals surface area contributed by atoms with E-state index in [9.17, 15) is 27.6 Å². The number of ether oxygens (including phenoxy) is 1. The maximum absolute atomic E-state index is 12.6. The molecule has 6 nitrogen and oxygen atoms in total. The fourth-order valence-electron chi connectivity index (χ4n) is 3.95. The van der Waals surface area contributed by atoms with Crippen LogP contribution in [0.4, 0.5) is 18.0 Å². The Labute approximate surface area is 135 Å². The number of esters is 1. The first kappa shape index (κ1) is 16.5. The molecule has 0 aromatic carbocycles. The minimum absolute atomic E-state index is 0.166. The third-order valence-corrected chi connectivity index (χ3v) is 5.27. The van der Waals surface area contributed by atoms with Crippen LogP contribution in [0.1, 0.15) is 13.3 Å². The number of carbonyl (C=O) groups is 3. The van der Waals surface area contributed by atoms with E-state index in [0.717, 1.165) is 4.90 Å². The van der Waals surface area contributed by atoms with Crippen LogP contribution in [0.5, 0.6) is 0 Å². The summed E-state index contributed by atoms with van der Waals surface area (Å²) in [5, 5.41) is 0. The van der Waals surface area contributed by atoms with Gasteiger partial charge in [0.25, 0.3) is 5.91 Å². The maximum Gasteiger partial charge on any atom is 0.490 e. The lowest BCUT2D eigenvalue weighted by Crippen LogP contribution is -2.66. The second kappa shape index (κ2) is 4.61. The van der Waals surface area contributed by atoms with Crippen LogP contribution in [0.2, 0.25) is 0 Å². The molecular formula is C15H15F3N2O4. The average Bonchev–Trinajstić information content (AvgIpc) is 2.95. The SMILES string of the molecule is CN1C(=O)C2=CC(OC(=O)C(F)(F)F)[C@@]3(C)C=CCC23N(C)C1=O. The van der Waals surface area contributed by atoms with E-state index < -0.39 is 41.1 Å². The van der Waals surface area contributed by atoms with Crippen molar-refractivity contribution < 1.29 is 32.3 Å². The summed E-state index contributed by atoms with van der Waals surface area (Å²) < 4.78 is 42.3. The van der Waals surface area contributed by atoms with Gasteiger partial charge in [-0.15, -0.1) is 0 Å². The van der Waals surface area contributed by atoms with E-state index >= 15 is 0 Å². The van der Waals surface area contributed by atoms with Crippen molar-refractivity contribution >= 4 is 17.9 Å². The Balaban J connectivity index is 2.08. The molecule has 9 heteroatoms. The molecule has 0 aromatic heterocycles. The number of urea groups is 1. The Kier molecular flexibility index (Phi) is 3.18. The molecule has 0 aromatic rings. The number of hydrogen-bond acceptors (Lipinski definition) is 4. The Hall–Kier alpha value is -2.32. The summed E-state index contributed by atoms with van der Waals surface area (Å²) in [6, 6.07) is -0.560. The predicted octanol–water partition coefficient (Wildman–Crippen LogP) is 1.63. The highest BCUT2D eigenvalue weighted by atomic mass is 19.4. The van der Waals surface area contributed by atoms with Crippen LogP contribution in [0, 0.1) is 5.41 Å². The van der Waals surface area contributed by atoms with Gasteiger partial charge in [0.05, 0.1) is 11.0 Å². The predicted molar refractivity (Wildman–Crippen MR) is 74.5 cm³/mol. The molecule has 0 N–H and O–H groups in total. The van der Waals surface area contributed by atoms with Crippen LogP contribution in [0.3, 0.4) is 0 Å². The molecule has 1 spiro atoms. The lowest BCUT2D eigenvalue weighted by atomic mass is 9.69. The first-order valence-corrected chi connectivity index (χ1v) is 7.20. The molecule has 1 heterocycles. The van der Waals surface area contributed by atoms with Gasteiger partial charge in [-0.1, -0.05) is 12.2 Å². The lowest BCUT2D eigenvalue weighted by molar-refractivity contribution is -0.207. The van der Waals surface area contributed by atoms with E-state index in [4.69, 9.17) is 0 Å². The molecule has 3 amide bonds. The summed E-state index contributed by atoms with van der Waals surface area (Å²) in [6.45, 7) is 1.58. The lowest BCUT2D eigenvalue weighted by Gasteiger charge is -2.51. The average molecular weight is 344 g/mol. The van der Waals surface area contributed by atoms with Crippen molar-refractivity contribution in [2.75, 3.05) is 14.1 Å². The van der Waals surface area contributed by atoms with Gasteiger partial charge in [0.15, 0.2) is 0 Å². The number of likely N-dealkylation sites (N-methyl/N-ethyl adjacent to an activating group) is 2. The highest BCUT2D eigenvalue weighted by Gasteiger charge is 2.68. The topological polar surface area (TPSA) is 66.9 Å². The number of imide groups is 1. The molecule has 3 aliphatic rings. The zero-order valence-electron chi connectivity index (χ0n) is 13.2. The molecule has 1 aliphatic heterocycles. The molecule has 0 radical (unpaired) electrons. The first-order chi connectivity index (χ1) is 11.0. The van der Waals surface area contributed by atoms with Crippen molar-refractivity contribution in [2.24, 2.45) is 5.41 Å². The molecular weight excluding hydrogens is 329 g/mol. The molecule has 1 fully saturated rings. The van der Waals surface area contributed by atoms with Crippen molar-refractivity contribution in [3.05, 3.63) is 23.8 Å². The fourth-order valence-corrected chi connectivity index (χ4v) is 3.95. The van der Waals surface area contributed by atoms with Gasteiger partial charge in [-0.05, 0) is 19.4 Å². The van der Waals surface area contributed by atoms with E-state index in [0.29, 0.717) is 0 Å². The smallest absolute Gasteiger partial charge is 0.450 e. The van der Waals surface area contributed by atoms with Crippen LogP contribution in [-0.2, 0) is 14.3 Å². The van der Waals surface area contributed by atoms with Crippen molar-refractivity contribution in [3.63, 3.8) is 0 Å². The van der Waals surface area contributed by atoms with Gasteiger partial charge >= 0.3 is 18.2 Å². The van der Waals surface area contributed by atoms with Gasteiger partial charge in [0.2, 0.25) is 0 Å². The zero-order chi connectivity index (χ0) is 18.1. The third kappa shape index (κ3) is 1.75. The van der Waals surface area contributed by atoms with Crippen LogP contribution in [0.15, 0.2) is 23.8 Å². The number of amides is 3. The number of nitrogens with zero attached hydrogens (tertiary/aromatic N) is 2. The Morgan fingerprint density at radius 1 is 1.33 bits per heavy atom. The molecule has 1 saturated heterocycles. The normalized spacial score (nSPS) is 35.1. The molecule has 2 unspecified atom stereocenters. The standard InChI is InChI=1S/C15H15F3N2O4/c1-13-5-4-6-14(13)8(10(21)19(2)12(23)20(14)3)7-9(13)24-11(22)15(16,17)18/h4-5,7,9H,6H2,1-3H3/t9?,13-,14?/m1/s1. The van der Waals surface area contributed by atoms with Gasteiger partial charge in [-0.25, -0.2) is 9.59 Å². The quantitative estimate of drug-likeness (QED) is 0.536. The monoisotopic (exact) mass is 344 g/mol. The van der Waals surface area contributed by atoms with E-state index in [1.54, 1.807) is 19.1 Å². The number of hydrogen-bond donors (Lipinski definition) is 0. The van der Waals surface area contributed by atoms with E-state index in [1.165, 1.54) is 25.1 Å². The van der Waals surface area contributed by atoms with E-state index in [1.807, 2.05) is 0 Å². The second-order valence-corrected chi connectivity index (χ2v) is 6.36. The maximum atomic E-state index is 12.6. The number of carbonyl (C=O) groups excluding carboxylic acids is 3. The fraction of sp³-hybridized carbons (Fsp3) is 0.533. The largest absolute Gasteiger partial charge is 0.490 e. The Morgan fingerprint density at radius 2 is 1.96 bits per heavy atom. The van der Waals surface area contributed by atoms with Gasteiger partial charge in [-0.2, -0.15) is 13.2 Å². The van der Waals surface area contributed by atoms with Crippen LogP contribution < -0.4 is 0 Å². The minimum Gasteiger partial charge on any atom is -0.450 e. The molecule has 0 bridgehead atoms. The second-order valence-electron chi connectivity index (χ2n) is 6.36. The third-order valence-electron chi connectivity index (χ3n) is 5.27. The number of halogens is 3. The van der Waals surface area contributed by atoms with Crippen LogP contribution in [0.25, 0.3) is 0 Å². The summed E-state index contributed by atoms with van der Waals surface area (Å²) >= 11 is 0. The molecule has 0 saturated carbocycles. The first-order valence-electron chi connectivity index (χ1n) is 7.20. The van der Waals surface area contributed by atoms with Crippen LogP contribution >= 0.6 is 0 Å². The summed E-state index contributed by atoms with van der Waals surface area (Å²) in [6.07, 6.45) is -1.66. The highest BCUT2D eigenvalue weighted by molar-refractivity contribution is 6.09. The Bertz CT molecular complexity index is 714. The minimum atomic E-state index is -5.14. The summed E-state index contributed by atoms with van der Waals surface area (Å²) in [5.41, 5.74) is -2.13. The van der Waals surface area contributed by atoms with E-state index in [-0.39, 0.29) is 12.0 Å². The number of alkyl halides is 3.